The first-order valence-corrected chi connectivity index (χ1v) is 10.4. The fourth-order valence-corrected chi connectivity index (χ4v) is 3.68. The van der Waals surface area contributed by atoms with E-state index < -0.39 is 6.10 Å². The molecule has 0 saturated heterocycles. The Hall–Kier alpha value is -3.42. The van der Waals surface area contributed by atoms with E-state index in [2.05, 4.69) is 15.6 Å². The minimum absolute atomic E-state index is 0.228. The Kier molecular flexibility index (Phi) is 4.61. The van der Waals surface area contributed by atoms with Gasteiger partial charge in [-0.05, 0) is 38.8 Å². The van der Waals surface area contributed by atoms with E-state index in [1.807, 2.05) is 61.1 Å². The highest BCUT2D eigenvalue weighted by Crippen LogP contribution is 2.40. The second-order valence-electron chi connectivity index (χ2n) is 7.79. The van der Waals surface area contributed by atoms with Crippen molar-refractivity contribution in [3.8, 4) is 5.69 Å². The molecule has 1 fully saturated rings. The van der Waals surface area contributed by atoms with Gasteiger partial charge in [0.1, 0.15) is 5.82 Å². The first kappa shape index (κ1) is 18.6. The van der Waals surface area contributed by atoms with Crippen molar-refractivity contribution >= 4 is 17.4 Å². The number of carbonyl (C=O) groups is 1. The highest BCUT2D eigenvalue weighted by Gasteiger charge is 2.32. The second-order valence-corrected chi connectivity index (χ2v) is 7.79. The number of hydrogen-bond donors (Lipinski definition) is 1. The second kappa shape index (κ2) is 7.44. The van der Waals surface area contributed by atoms with Crippen LogP contribution in [0.3, 0.4) is 0 Å². The zero-order chi connectivity index (χ0) is 20.7. The van der Waals surface area contributed by atoms with Gasteiger partial charge < -0.3 is 10.2 Å². The van der Waals surface area contributed by atoms with E-state index in [1.54, 1.807) is 4.68 Å². The molecular formula is C22H24N6O2. The van der Waals surface area contributed by atoms with Gasteiger partial charge in [-0.15, -0.1) is 0 Å². The summed E-state index contributed by atoms with van der Waals surface area (Å²) in [6, 6.07) is 11.8. The van der Waals surface area contributed by atoms with E-state index in [1.165, 1.54) is 0 Å². The number of carbonyl (C=O) groups excluding carboxylic acids is 1. The Balaban J connectivity index is 1.33. The van der Waals surface area contributed by atoms with Crippen LogP contribution in [0.15, 0.2) is 47.8 Å². The van der Waals surface area contributed by atoms with Gasteiger partial charge in [0, 0.05) is 36.7 Å². The molecule has 1 unspecified atom stereocenters. The zero-order valence-corrected chi connectivity index (χ0v) is 17.1. The average Bonchev–Trinajstić information content (AvgIpc) is 3.17. The van der Waals surface area contributed by atoms with Crippen molar-refractivity contribution in [2.75, 3.05) is 5.32 Å². The maximum absolute atomic E-state index is 12.9. The molecule has 3 aromatic rings. The standard InChI is InChI=1S/C22H24N6O2/c1-3-27-13-17(14(2)24-27)19-11-20(30-26-19)22(29)23-21-12-18(15-9-10-15)25-28(21)16-7-5-4-6-8-16/h4-8,12-13,15,20H,3,9-11H2,1-2H3,(H,23,29). The van der Waals surface area contributed by atoms with Crippen LogP contribution < -0.4 is 5.32 Å². The summed E-state index contributed by atoms with van der Waals surface area (Å²) in [5.74, 6) is 0.912. The Morgan fingerprint density at radius 3 is 2.73 bits per heavy atom. The van der Waals surface area contributed by atoms with E-state index in [0.717, 1.165) is 47.7 Å². The molecule has 30 heavy (non-hydrogen) atoms. The lowest BCUT2D eigenvalue weighted by Gasteiger charge is -2.11. The Morgan fingerprint density at radius 1 is 1.23 bits per heavy atom. The van der Waals surface area contributed by atoms with Gasteiger partial charge in [-0.25, -0.2) is 4.68 Å². The lowest BCUT2D eigenvalue weighted by atomic mass is 10.1. The van der Waals surface area contributed by atoms with Crippen molar-refractivity contribution in [3.05, 3.63) is 59.5 Å². The van der Waals surface area contributed by atoms with E-state index in [9.17, 15) is 4.79 Å². The number of aryl methyl sites for hydroxylation is 2. The van der Waals surface area contributed by atoms with Crippen molar-refractivity contribution in [1.82, 2.24) is 19.6 Å². The van der Waals surface area contributed by atoms with Gasteiger partial charge >= 0.3 is 0 Å². The summed E-state index contributed by atoms with van der Waals surface area (Å²) in [7, 11) is 0. The van der Waals surface area contributed by atoms with Crippen LogP contribution in [0.2, 0.25) is 0 Å². The van der Waals surface area contributed by atoms with E-state index in [4.69, 9.17) is 9.94 Å². The number of aromatic nitrogens is 4. The van der Waals surface area contributed by atoms with Gasteiger partial charge in [-0.3, -0.25) is 9.48 Å². The number of para-hydroxylation sites is 1. The number of nitrogens with one attached hydrogen (secondary N) is 1. The monoisotopic (exact) mass is 404 g/mol. The lowest BCUT2D eigenvalue weighted by Crippen LogP contribution is -2.29. The molecule has 8 heteroatoms. The largest absolute Gasteiger partial charge is 0.382 e. The van der Waals surface area contributed by atoms with Gasteiger partial charge in [0.2, 0.25) is 6.10 Å². The molecule has 1 atom stereocenters. The van der Waals surface area contributed by atoms with E-state index in [0.29, 0.717) is 18.2 Å². The lowest BCUT2D eigenvalue weighted by molar-refractivity contribution is -0.125. The summed E-state index contributed by atoms with van der Waals surface area (Å²) in [6.45, 7) is 4.76. The quantitative estimate of drug-likeness (QED) is 0.682. The number of rotatable bonds is 6. The summed E-state index contributed by atoms with van der Waals surface area (Å²) >= 11 is 0. The fourth-order valence-electron chi connectivity index (χ4n) is 3.68. The van der Waals surface area contributed by atoms with Crippen LogP contribution in [-0.4, -0.2) is 37.3 Å². The molecule has 1 amide bonds. The fraction of sp³-hybridized carbons (Fsp3) is 0.364. The Bertz CT molecular complexity index is 1110. The third-order valence-corrected chi connectivity index (χ3v) is 5.52. The molecule has 1 aromatic carbocycles. The van der Waals surface area contributed by atoms with Crippen LogP contribution >= 0.6 is 0 Å². The molecule has 1 aliphatic carbocycles. The predicted octanol–water partition coefficient (Wildman–Crippen LogP) is 3.41. The van der Waals surface area contributed by atoms with Crippen LogP contribution in [0, 0.1) is 6.92 Å². The number of nitrogens with zero attached hydrogens (tertiary/aromatic N) is 5. The molecule has 0 bridgehead atoms. The van der Waals surface area contributed by atoms with Gasteiger partial charge in [-0.1, -0.05) is 23.4 Å². The smallest absolute Gasteiger partial charge is 0.269 e. The summed E-state index contributed by atoms with van der Waals surface area (Å²) in [5.41, 5.74) is 4.49. The maximum atomic E-state index is 12.9. The summed E-state index contributed by atoms with van der Waals surface area (Å²) < 4.78 is 3.65. The number of hydrogen-bond acceptors (Lipinski definition) is 5. The van der Waals surface area contributed by atoms with Crippen LogP contribution in [0.5, 0.6) is 0 Å². The molecule has 2 aromatic heterocycles. The van der Waals surface area contributed by atoms with E-state index >= 15 is 0 Å². The van der Waals surface area contributed by atoms with Gasteiger partial charge in [0.05, 0.1) is 22.8 Å². The van der Waals surface area contributed by atoms with Crippen LogP contribution in [0.4, 0.5) is 5.82 Å². The minimum Gasteiger partial charge on any atom is -0.382 e. The molecule has 1 saturated carbocycles. The highest BCUT2D eigenvalue weighted by molar-refractivity contribution is 6.06. The molecule has 3 heterocycles. The van der Waals surface area contributed by atoms with E-state index in [-0.39, 0.29) is 5.91 Å². The topological polar surface area (TPSA) is 86.3 Å². The van der Waals surface area contributed by atoms with Crippen LogP contribution in [-0.2, 0) is 16.2 Å². The van der Waals surface area contributed by atoms with Crippen molar-refractivity contribution in [1.29, 1.82) is 0 Å². The van der Waals surface area contributed by atoms with Crippen LogP contribution in [0.1, 0.15) is 49.1 Å². The third kappa shape index (κ3) is 3.49. The summed E-state index contributed by atoms with van der Waals surface area (Å²) in [5, 5.41) is 16.3. The van der Waals surface area contributed by atoms with Crippen molar-refractivity contribution in [3.63, 3.8) is 0 Å². The predicted molar refractivity (Wildman–Crippen MR) is 113 cm³/mol. The molecule has 1 aliphatic heterocycles. The molecular weight excluding hydrogens is 380 g/mol. The Labute approximate surface area is 174 Å². The maximum Gasteiger partial charge on any atom is 0.269 e. The van der Waals surface area contributed by atoms with Crippen molar-refractivity contribution in [2.45, 2.75) is 51.7 Å². The normalized spacial score (nSPS) is 18.2. The number of benzene rings is 1. The molecule has 0 spiro atoms. The highest BCUT2D eigenvalue weighted by atomic mass is 16.6. The zero-order valence-electron chi connectivity index (χ0n) is 17.1. The Morgan fingerprint density at radius 2 is 2.03 bits per heavy atom. The third-order valence-electron chi connectivity index (χ3n) is 5.52. The summed E-state index contributed by atoms with van der Waals surface area (Å²) in [4.78, 5) is 18.4. The molecule has 5 rings (SSSR count). The average molecular weight is 404 g/mol. The number of amides is 1. The minimum atomic E-state index is -0.673. The van der Waals surface area contributed by atoms with Crippen molar-refractivity contribution in [2.24, 2.45) is 5.16 Å². The van der Waals surface area contributed by atoms with Crippen molar-refractivity contribution < 1.29 is 9.63 Å². The van der Waals surface area contributed by atoms with Gasteiger partial charge in [-0.2, -0.15) is 10.2 Å². The van der Waals surface area contributed by atoms with Crippen LogP contribution in [0.25, 0.3) is 5.69 Å². The number of oxime groups is 1. The molecule has 1 N–H and O–H groups in total. The molecule has 0 radical (unpaired) electrons. The summed E-state index contributed by atoms with van der Waals surface area (Å²) in [6.07, 6.45) is 3.98. The molecule has 2 aliphatic rings. The number of anilines is 1. The first-order chi connectivity index (χ1) is 14.6. The molecule has 154 valence electrons. The van der Waals surface area contributed by atoms with Gasteiger partial charge in [0.15, 0.2) is 0 Å². The SMILES string of the molecule is CCn1cc(C2=NOC(C(=O)Nc3cc(C4CC4)nn3-c3ccccc3)C2)c(C)n1. The molecule has 8 nitrogen and oxygen atoms in total. The first-order valence-electron chi connectivity index (χ1n) is 10.4. The van der Waals surface area contributed by atoms with Gasteiger partial charge in [0.25, 0.3) is 5.91 Å².